The van der Waals surface area contributed by atoms with Crippen molar-refractivity contribution >= 4 is 11.3 Å². The number of thiazole rings is 1. The van der Waals surface area contributed by atoms with Gasteiger partial charge < -0.3 is 5.32 Å². The Morgan fingerprint density at radius 2 is 2.18 bits per heavy atom. The van der Waals surface area contributed by atoms with Crippen LogP contribution in [0.2, 0.25) is 0 Å². The summed E-state index contributed by atoms with van der Waals surface area (Å²) in [7, 11) is 0. The first-order chi connectivity index (χ1) is 8.30. The van der Waals surface area contributed by atoms with Gasteiger partial charge in [-0.1, -0.05) is 40.0 Å². The average molecular weight is 254 g/mol. The topological polar surface area (TPSA) is 24.9 Å². The van der Waals surface area contributed by atoms with Crippen LogP contribution >= 0.6 is 11.3 Å². The van der Waals surface area contributed by atoms with Gasteiger partial charge in [0.1, 0.15) is 0 Å². The van der Waals surface area contributed by atoms with Gasteiger partial charge in [-0.15, -0.1) is 11.3 Å². The van der Waals surface area contributed by atoms with Crippen LogP contribution in [0.5, 0.6) is 0 Å². The standard InChI is InChI=1S/C14H26N2S/c1-4-7-8-12(5-2)9-15-10-13-11-16-14(6-3)17-13/h11-12,15H,4-10H2,1-3H3. The van der Waals surface area contributed by atoms with E-state index in [1.807, 2.05) is 17.5 Å². The summed E-state index contributed by atoms with van der Waals surface area (Å²) in [6.45, 7) is 8.86. The third-order valence-corrected chi connectivity index (χ3v) is 4.32. The van der Waals surface area contributed by atoms with Gasteiger partial charge in [0.15, 0.2) is 0 Å². The molecule has 1 rings (SSSR count). The van der Waals surface area contributed by atoms with Crippen LogP contribution in [0, 0.1) is 5.92 Å². The fourth-order valence-corrected chi connectivity index (χ4v) is 2.77. The third-order valence-electron chi connectivity index (χ3n) is 3.18. The summed E-state index contributed by atoms with van der Waals surface area (Å²) in [4.78, 5) is 5.75. The van der Waals surface area contributed by atoms with Crippen molar-refractivity contribution in [1.29, 1.82) is 0 Å². The van der Waals surface area contributed by atoms with Crippen molar-refractivity contribution < 1.29 is 0 Å². The second-order valence-electron chi connectivity index (χ2n) is 4.62. The maximum atomic E-state index is 4.38. The van der Waals surface area contributed by atoms with Crippen molar-refractivity contribution in [2.45, 2.75) is 59.4 Å². The summed E-state index contributed by atoms with van der Waals surface area (Å²) in [6.07, 6.45) is 8.40. The molecule has 0 saturated carbocycles. The highest BCUT2D eigenvalue weighted by Crippen LogP contribution is 2.14. The van der Waals surface area contributed by atoms with E-state index in [1.54, 1.807) is 0 Å². The largest absolute Gasteiger partial charge is 0.312 e. The van der Waals surface area contributed by atoms with E-state index >= 15 is 0 Å². The third kappa shape index (κ3) is 5.64. The highest BCUT2D eigenvalue weighted by atomic mass is 32.1. The zero-order valence-corrected chi connectivity index (χ0v) is 12.3. The Morgan fingerprint density at radius 1 is 1.35 bits per heavy atom. The van der Waals surface area contributed by atoms with Gasteiger partial charge in [-0.3, -0.25) is 0 Å². The zero-order valence-electron chi connectivity index (χ0n) is 11.5. The zero-order chi connectivity index (χ0) is 12.5. The minimum atomic E-state index is 0.841. The number of aromatic nitrogens is 1. The first-order valence-electron chi connectivity index (χ1n) is 6.94. The number of hydrogen-bond acceptors (Lipinski definition) is 3. The molecule has 1 N–H and O–H groups in total. The minimum Gasteiger partial charge on any atom is -0.312 e. The van der Waals surface area contributed by atoms with Crippen LogP contribution in [-0.4, -0.2) is 11.5 Å². The van der Waals surface area contributed by atoms with Crippen LogP contribution < -0.4 is 5.32 Å². The first-order valence-corrected chi connectivity index (χ1v) is 7.76. The van der Waals surface area contributed by atoms with E-state index in [2.05, 4.69) is 31.1 Å². The second-order valence-corrected chi connectivity index (χ2v) is 5.82. The lowest BCUT2D eigenvalue weighted by molar-refractivity contribution is 0.420. The van der Waals surface area contributed by atoms with Crippen molar-refractivity contribution in [3.8, 4) is 0 Å². The van der Waals surface area contributed by atoms with E-state index in [9.17, 15) is 0 Å². The van der Waals surface area contributed by atoms with E-state index in [4.69, 9.17) is 0 Å². The number of rotatable bonds is 9. The van der Waals surface area contributed by atoms with Gasteiger partial charge in [0.2, 0.25) is 0 Å². The molecule has 0 bridgehead atoms. The Bertz CT molecular complexity index is 296. The highest BCUT2D eigenvalue weighted by Gasteiger charge is 2.06. The van der Waals surface area contributed by atoms with Crippen LogP contribution in [0.1, 0.15) is 56.3 Å². The van der Waals surface area contributed by atoms with E-state index < -0.39 is 0 Å². The Hall–Kier alpha value is -0.410. The van der Waals surface area contributed by atoms with Gasteiger partial charge >= 0.3 is 0 Å². The van der Waals surface area contributed by atoms with E-state index in [0.29, 0.717) is 0 Å². The fraction of sp³-hybridized carbons (Fsp3) is 0.786. The molecule has 0 fully saturated rings. The molecule has 0 amide bonds. The molecule has 3 heteroatoms. The normalized spacial score (nSPS) is 12.9. The predicted octanol–water partition coefficient (Wildman–Crippen LogP) is 4.01. The molecular formula is C14H26N2S. The molecule has 0 spiro atoms. The Morgan fingerprint density at radius 3 is 2.76 bits per heavy atom. The first kappa shape index (κ1) is 14.7. The number of aryl methyl sites for hydroxylation is 1. The molecule has 1 aromatic rings. The lowest BCUT2D eigenvalue weighted by Gasteiger charge is -2.14. The summed E-state index contributed by atoms with van der Waals surface area (Å²) in [5, 5.41) is 4.82. The molecule has 2 nitrogen and oxygen atoms in total. The summed E-state index contributed by atoms with van der Waals surface area (Å²) in [5.74, 6) is 0.841. The smallest absolute Gasteiger partial charge is 0.0925 e. The van der Waals surface area contributed by atoms with Gasteiger partial charge in [-0.25, -0.2) is 4.98 Å². The summed E-state index contributed by atoms with van der Waals surface area (Å²) < 4.78 is 0. The Labute approximate surface area is 110 Å². The number of unbranched alkanes of at least 4 members (excludes halogenated alkanes) is 1. The highest BCUT2D eigenvalue weighted by molar-refractivity contribution is 7.11. The quantitative estimate of drug-likeness (QED) is 0.720. The minimum absolute atomic E-state index is 0.841. The molecule has 1 heterocycles. The second kappa shape index (κ2) is 8.65. The van der Waals surface area contributed by atoms with Crippen molar-refractivity contribution in [3.63, 3.8) is 0 Å². The van der Waals surface area contributed by atoms with Crippen LogP contribution in [0.25, 0.3) is 0 Å². The van der Waals surface area contributed by atoms with Crippen molar-refractivity contribution in [1.82, 2.24) is 10.3 Å². The van der Waals surface area contributed by atoms with Gasteiger partial charge in [-0.05, 0) is 25.3 Å². The molecule has 0 aliphatic rings. The molecule has 1 aromatic heterocycles. The van der Waals surface area contributed by atoms with Gasteiger partial charge in [0.05, 0.1) is 5.01 Å². The molecule has 17 heavy (non-hydrogen) atoms. The molecule has 0 radical (unpaired) electrons. The summed E-state index contributed by atoms with van der Waals surface area (Å²) in [5.41, 5.74) is 0. The maximum Gasteiger partial charge on any atom is 0.0925 e. The van der Waals surface area contributed by atoms with Gasteiger partial charge in [0.25, 0.3) is 0 Å². The summed E-state index contributed by atoms with van der Waals surface area (Å²) >= 11 is 1.84. The van der Waals surface area contributed by atoms with E-state index in [-0.39, 0.29) is 0 Å². The number of nitrogens with one attached hydrogen (secondary N) is 1. The molecule has 0 aromatic carbocycles. The van der Waals surface area contributed by atoms with Crippen molar-refractivity contribution in [2.24, 2.45) is 5.92 Å². The Balaban J connectivity index is 2.21. The number of nitrogens with zero attached hydrogens (tertiary/aromatic N) is 1. The summed E-state index contributed by atoms with van der Waals surface area (Å²) in [6, 6.07) is 0. The van der Waals surface area contributed by atoms with Crippen LogP contribution in [0.15, 0.2) is 6.20 Å². The fourth-order valence-electron chi connectivity index (χ4n) is 1.94. The van der Waals surface area contributed by atoms with Crippen molar-refractivity contribution in [3.05, 3.63) is 16.1 Å². The molecule has 1 unspecified atom stereocenters. The van der Waals surface area contributed by atoms with E-state index in [1.165, 1.54) is 35.6 Å². The molecule has 0 saturated heterocycles. The van der Waals surface area contributed by atoms with Gasteiger partial charge in [0, 0.05) is 17.6 Å². The SMILES string of the molecule is CCCCC(CC)CNCc1cnc(CC)s1. The molecule has 98 valence electrons. The molecule has 0 aliphatic heterocycles. The molecule has 0 aliphatic carbocycles. The van der Waals surface area contributed by atoms with E-state index in [0.717, 1.165) is 25.4 Å². The predicted molar refractivity (Wildman–Crippen MR) is 76.5 cm³/mol. The number of hydrogen-bond donors (Lipinski definition) is 1. The lowest BCUT2D eigenvalue weighted by atomic mass is 9.99. The Kier molecular flexibility index (Phi) is 7.45. The molecule has 1 atom stereocenters. The van der Waals surface area contributed by atoms with Crippen LogP contribution in [0.3, 0.4) is 0 Å². The molecular weight excluding hydrogens is 228 g/mol. The lowest BCUT2D eigenvalue weighted by Crippen LogP contribution is -2.21. The van der Waals surface area contributed by atoms with Crippen LogP contribution in [0.4, 0.5) is 0 Å². The van der Waals surface area contributed by atoms with Crippen LogP contribution in [-0.2, 0) is 13.0 Å². The maximum absolute atomic E-state index is 4.38. The average Bonchev–Trinajstić information content (AvgIpc) is 2.81. The monoisotopic (exact) mass is 254 g/mol. The van der Waals surface area contributed by atoms with Crippen molar-refractivity contribution in [2.75, 3.05) is 6.54 Å². The van der Waals surface area contributed by atoms with Gasteiger partial charge in [-0.2, -0.15) is 0 Å².